The molecule has 0 aliphatic carbocycles. The highest BCUT2D eigenvalue weighted by atomic mass is 16.5. The maximum atomic E-state index is 8.13. The summed E-state index contributed by atoms with van der Waals surface area (Å²) in [6, 6.07) is 21.4. The van der Waals surface area contributed by atoms with Gasteiger partial charge in [0.25, 0.3) is 0 Å². The predicted molar refractivity (Wildman–Crippen MR) is 123 cm³/mol. The predicted octanol–water partition coefficient (Wildman–Crippen LogP) is 3.69. The van der Waals surface area contributed by atoms with Crippen molar-refractivity contribution in [2.75, 3.05) is 41.8 Å². The van der Waals surface area contributed by atoms with E-state index in [9.17, 15) is 0 Å². The number of guanidine groups is 1. The van der Waals surface area contributed by atoms with Gasteiger partial charge >= 0.3 is 0 Å². The van der Waals surface area contributed by atoms with Gasteiger partial charge in [0.05, 0.1) is 13.2 Å². The minimum Gasteiger partial charge on any atom is -0.378 e. The largest absolute Gasteiger partial charge is 0.378 e. The quantitative estimate of drug-likeness (QED) is 0.349. The third-order valence-electron chi connectivity index (χ3n) is 5.14. The Labute approximate surface area is 180 Å². The standard InChI is InChI=1S/C23H23N7O/c24-23(25-18-5-2-1-3-6-18)26-19-10-8-17(9-11-19)21-27-22(29-13-15-31-16-14-29)20-7-4-12-30(20)28-21/h1-12H,13-16H2,(H3,24,25,26). The zero-order chi connectivity index (χ0) is 21.0. The number of rotatable bonds is 4. The van der Waals surface area contributed by atoms with Crippen LogP contribution in [0.15, 0.2) is 72.9 Å². The molecule has 3 N–H and O–H groups in total. The molecule has 0 bridgehead atoms. The van der Waals surface area contributed by atoms with Crippen LogP contribution in [0.1, 0.15) is 0 Å². The molecule has 0 amide bonds. The van der Waals surface area contributed by atoms with Crippen LogP contribution in [0.2, 0.25) is 0 Å². The van der Waals surface area contributed by atoms with Crippen molar-refractivity contribution in [1.82, 2.24) is 14.6 Å². The molecule has 2 aromatic carbocycles. The highest BCUT2D eigenvalue weighted by Crippen LogP contribution is 2.25. The first-order chi connectivity index (χ1) is 15.3. The van der Waals surface area contributed by atoms with Crippen LogP contribution in [0.3, 0.4) is 0 Å². The van der Waals surface area contributed by atoms with E-state index in [4.69, 9.17) is 15.1 Å². The Morgan fingerprint density at radius 1 is 0.871 bits per heavy atom. The van der Waals surface area contributed by atoms with Gasteiger partial charge in [-0.05, 0) is 48.5 Å². The van der Waals surface area contributed by atoms with Gasteiger partial charge in [-0.25, -0.2) is 9.50 Å². The highest BCUT2D eigenvalue weighted by Gasteiger charge is 2.18. The molecule has 8 heteroatoms. The van der Waals surface area contributed by atoms with Gasteiger partial charge in [0.15, 0.2) is 17.6 Å². The Balaban J connectivity index is 1.36. The van der Waals surface area contributed by atoms with Crippen molar-refractivity contribution in [3.05, 3.63) is 72.9 Å². The van der Waals surface area contributed by atoms with Crippen LogP contribution in [0.5, 0.6) is 0 Å². The van der Waals surface area contributed by atoms with E-state index in [0.717, 1.165) is 41.4 Å². The molecule has 31 heavy (non-hydrogen) atoms. The zero-order valence-corrected chi connectivity index (χ0v) is 17.0. The molecule has 1 saturated heterocycles. The van der Waals surface area contributed by atoms with Crippen LogP contribution in [0.4, 0.5) is 17.2 Å². The van der Waals surface area contributed by atoms with Gasteiger partial charge in [0.1, 0.15) is 5.52 Å². The number of nitrogens with zero attached hydrogens (tertiary/aromatic N) is 4. The summed E-state index contributed by atoms with van der Waals surface area (Å²) in [5.74, 6) is 1.79. The van der Waals surface area contributed by atoms with E-state index in [1.807, 2.05) is 77.4 Å². The first-order valence-corrected chi connectivity index (χ1v) is 10.2. The average molecular weight is 413 g/mol. The molecule has 0 spiro atoms. The SMILES string of the molecule is N=C(Nc1ccccc1)Nc1ccc(-c2nc(N3CCOCC3)c3cccn3n2)cc1. The number of ether oxygens (including phenoxy) is 1. The topological polar surface area (TPSA) is 90.6 Å². The molecular formula is C23H23N7O. The molecule has 2 aromatic heterocycles. The van der Waals surface area contributed by atoms with Crippen molar-refractivity contribution in [2.24, 2.45) is 0 Å². The minimum absolute atomic E-state index is 0.207. The van der Waals surface area contributed by atoms with Crippen LogP contribution in [-0.2, 0) is 4.74 Å². The fraction of sp³-hybridized carbons (Fsp3) is 0.174. The lowest BCUT2D eigenvalue weighted by Gasteiger charge is -2.28. The van der Waals surface area contributed by atoms with Gasteiger partial charge in [-0.1, -0.05) is 18.2 Å². The fourth-order valence-corrected chi connectivity index (χ4v) is 3.59. The van der Waals surface area contributed by atoms with Gasteiger partial charge in [-0.3, -0.25) is 5.41 Å². The molecule has 0 radical (unpaired) electrons. The van der Waals surface area contributed by atoms with E-state index < -0.39 is 0 Å². The summed E-state index contributed by atoms with van der Waals surface area (Å²) in [6.45, 7) is 3.04. The molecule has 4 aromatic rings. The zero-order valence-electron chi connectivity index (χ0n) is 17.0. The monoisotopic (exact) mass is 413 g/mol. The van der Waals surface area contributed by atoms with E-state index in [0.29, 0.717) is 19.0 Å². The van der Waals surface area contributed by atoms with E-state index in [1.54, 1.807) is 0 Å². The minimum atomic E-state index is 0.207. The van der Waals surface area contributed by atoms with Crippen LogP contribution < -0.4 is 15.5 Å². The molecule has 156 valence electrons. The summed E-state index contributed by atoms with van der Waals surface area (Å²) in [5, 5.41) is 18.9. The molecule has 1 fully saturated rings. The lowest BCUT2D eigenvalue weighted by atomic mass is 10.2. The Bertz CT molecular complexity index is 1180. The van der Waals surface area contributed by atoms with Crippen molar-refractivity contribution in [2.45, 2.75) is 0 Å². The number of aromatic nitrogens is 3. The fourth-order valence-electron chi connectivity index (χ4n) is 3.59. The van der Waals surface area contributed by atoms with Crippen LogP contribution in [0, 0.1) is 5.41 Å². The highest BCUT2D eigenvalue weighted by molar-refractivity contribution is 6.01. The maximum Gasteiger partial charge on any atom is 0.197 e. The summed E-state index contributed by atoms with van der Waals surface area (Å²) in [5.41, 5.74) is 3.58. The van der Waals surface area contributed by atoms with Crippen molar-refractivity contribution in [3.8, 4) is 11.4 Å². The van der Waals surface area contributed by atoms with E-state index in [1.165, 1.54) is 0 Å². The molecule has 1 aliphatic heterocycles. The molecule has 0 unspecified atom stereocenters. The summed E-state index contributed by atoms with van der Waals surface area (Å²) < 4.78 is 7.36. The number of hydrogen-bond donors (Lipinski definition) is 3. The van der Waals surface area contributed by atoms with Gasteiger partial charge < -0.3 is 20.3 Å². The van der Waals surface area contributed by atoms with E-state index in [-0.39, 0.29) is 5.96 Å². The van der Waals surface area contributed by atoms with Gasteiger partial charge in [-0.2, -0.15) is 0 Å². The normalized spacial score (nSPS) is 13.9. The Kier molecular flexibility index (Phi) is 5.20. The molecule has 3 heterocycles. The molecule has 0 saturated carbocycles. The molecule has 8 nitrogen and oxygen atoms in total. The second kappa shape index (κ2) is 8.45. The smallest absolute Gasteiger partial charge is 0.197 e. The van der Waals surface area contributed by atoms with Crippen molar-refractivity contribution in [3.63, 3.8) is 0 Å². The lowest BCUT2D eigenvalue weighted by Crippen LogP contribution is -2.37. The first-order valence-electron chi connectivity index (χ1n) is 10.2. The third-order valence-corrected chi connectivity index (χ3v) is 5.14. The van der Waals surface area contributed by atoms with Gasteiger partial charge in [0, 0.05) is 36.2 Å². The van der Waals surface area contributed by atoms with Crippen LogP contribution >= 0.6 is 0 Å². The number of nitrogens with one attached hydrogen (secondary N) is 3. The number of para-hydroxylation sites is 1. The van der Waals surface area contributed by atoms with Crippen molar-refractivity contribution in [1.29, 1.82) is 5.41 Å². The third kappa shape index (κ3) is 4.19. The Morgan fingerprint density at radius 3 is 2.32 bits per heavy atom. The summed E-state index contributed by atoms with van der Waals surface area (Å²) in [7, 11) is 0. The first kappa shape index (κ1) is 19.1. The number of morpholine rings is 1. The molecular weight excluding hydrogens is 390 g/mol. The van der Waals surface area contributed by atoms with E-state index >= 15 is 0 Å². The molecule has 5 rings (SSSR count). The maximum absolute atomic E-state index is 8.13. The second-order valence-corrected chi connectivity index (χ2v) is 7.26. The Hall–Kier alpha value is -3.91. The van der Waals surface area contributed by atoms with Crippen molar-refractivity contribution >= 4 is 28.7 Å². The summed E-state index contributed by atoms with van der Waals surface area (Å²) >= 11 is 0. The average Bonchev–Trinajstić information content (AvgIpc) is 3.29. The summed E-state index contributed by atoms with van der Waals surface area (Å²) in [6.07, 6.45) is 1.94. The van der Waals surface area contributed by atoms with Crippen molar-refractivity contribution < 1.29 is 4.74 Å². The number of benzene rings is 2. The van der Waals surface area contributed by atoms with E-state index in [2.05, 4.69) is 20.6 Å². The lowest BCUT2D eigenvalue weighted by molar-refractivity contribution is 0.122. The Morgan fingerprint density at radius 2 is 1.58 bits per heavy atom. The van der Waals surface area contributed by atoms with Gasteiger partial charge in [0.2, 0.25) is 0 Å². The number of hydrogen-bond acceptors (Lipinski definition) is 5. The second-order valence-electron chi connectivity index (χ2n) is 7.26. The van der Waals surface area contributed by atoms with Gasteiger partial charge in [-0.15, -0.1) is 5.10 Å². The number of fused-ring (bicyclic) bond motifs is 1. The van der Waals surface area contributed by atoms with Crippen LogP contribution in [-0.4, -0.2) is 46.9 Å². The molecule has 0 atom stereocenters. The number of anilines is 3. The van der Waals surface area contributed by atoms with Crippen LogP contribution in [0.25, 0.3) is 16.9 Å². The molecule has 1 aliphatic rings. The summed E-state index contributed by atoms with van der Waals surface area (Å²) in [4.78, 5) is 7.12.